The van der Waals surface area contributed by atoms with Crippen molar-refractivity contribution in [1.82, 2.24) is 0 Å². The largest absolute Gasteiger partial charge is 0.463 e. The molecule has 4 nitrogen and oxygen atoms in total. The van der Waals surface area contributed by atoms with Gasteiger partial charge >= 0.3 is 5.97 Å². The van der Waals surface area contributed by atoms with E-state index in [0.717, 1.165) is 17.8 Å². The van der Waals surface area contributed by atoms with Crippen LogP contribution in [0.25, 0.3) is 0 Å². The molecule has 20 heavy (non-hydrogen) atoms. The van der Waals surface area contributed by atoms with E-state index < -0.39 is 0 Å². The lowest BCUT2D eigenvalue weighted by Gasteiger charge is -2.56. The molecule has 4 saturated carbocycles. The zero-order chi connectivity index (χ0) is 14.0. The van der Waals surface area contributed by atoms with Gasteiger partial charge in [-0.1, -0.05) is 0 Å². The van der Waals surface area contributed by atoms with E-state index in [0.29, 0.717) is 32.8 Å². The first-order valence-corrected chi connectivity index (χ1v) is 8.12. The van der Waals surface area contributed by atoms with Crippen molar-refractivity contribution in [3.8, 4) is 0 Å². The molecule has 4 heteroatoms. The predicted molar refractivity (Wildman–Crippen MR) is 76.1 cm³/mol. The van der Waals surface area contributed by atoms with Gasteiger partial charge < -0.3 is 15.2 Å². The van der Waals surface area contributed by atoms with E-state index in [-0.39, 0.29) is 11.4 Å². The van der Waals surface area contributed by atoms with E-state index in [9.17, 15) is 4.79 Å². The third-order valence-corrected chi connectivity index (χ3v) is 5.44. The Morgan fingerprint density at radius 3 is 2.15 bits per heavy atom. The summed E-state index contributed by atoms with van der Waals surface area (Å²) in [5.41, 5.74) is 5.62. The molecule has 114 valence electrons. The summed E-state index contributed by atoms with van der Waals surface area (Å²) in [5, 5.41) is 0. The smallest absolute Gasteiger partial charge is 0.306 e. The standard InChI is InChI=1S/C16H27NO3/c17-1-2-19-3-4-20-15(18)11-16-8-12-5-13(9-16)7-14(6-12)10-16/h12-14H,1-11,17H2. The topological polar surface area (TPSA) is 61.6 Å². The lowest BCUT2D eigenvalue weighted by atomic mass is 9.49. The van der Waals surface area contributed by atoms with Crippen molar-refractivity contribution in [2.45, 2.75) is 44.9 Å². The summed E-state index contributed by atoms with van der Waals surface area (Å²) < 4.78 is 10.5. The molecule has 0 unspecified atom stereocenters. The molecule has 0 aliphatic heterocycles. The van der Waals surface area contributed by atoms with Gasteiger partial charge in [0.05, 0.1) is 19.6 Å². The van der Waals surface area contributed by atoms with Crippen LogP contribution in [0.15, 0.2) is 0 Å². The lowest BCUT2D eigenvalue weighted by molar-refractivity contribution is -0.153. The van der Waals surface area contributed by atoms with Crippen LogP contribution in [0.1, 0.15) is 44.9 Å². The van der Waals surface area contributed by atoms with Crippen LogP contribution in [-0.4, -0.2) is 32.3 Å². The molecule has 4 fully saturated rings. The molecule has 0 spiro atoms. The quantitative estimate of drug-likeness (QED) is 0.573. The maximum atomic E-state index is 12.1. The Kier molecular flexibility index (Phi) is 4.32. The normalized spacial score (nSPS) is 38.1. The zero-order valence-electron chi connectivity index (χ0n) is 12.3. The fourth-order valence-electron chi connectivity index (χ4n) is 5.26. The Morgan fingerprint density at radius 2 is 1.60 bits per heavy atom. The molecule has 0 heterocycles. The molecule has 0 amide bonds. The van der Waals surface area contributed by atoms with E-state index in [1.54, 1.807) is 0 Å². The average molecular weight is 281 g/mol. The van der Waals surface area contributed by atoms with Crippen LogP contribution in [0.4, 0.5) is 0 Å². The minimum atomic E-state index is -0.0247. The second-order valence-electron chi connectivity index (χ2n) is 7.22. The molecular weight excluding hydrogens is 254 g/mol. The van der Waals surface area contributed by atoms with Gasteiger partial charge in [-0.2, -0.15) is 0 Å². The van der Waals surface area contributed by atoms with Crippen molar-refractivity contribution in [1.29, 1.82) is 0 Å². The SMILES string of the molecule is NCCOCCOC(=O)CC12CC3CC(CC(C3)C1)C2. The molecule has 0 atom stereocenters. The van der Waals surface area contributed by atoms with Crippen molar-refractivity contribution in [2.24, 2.45) is 28.9 Å². The molecule has 4 aliphatic carbocycles. The molecule has 4 rings (SSSR count). The molecule has 2 N–H and O–H groups in total. The fraction of sp³-hybridized carbons (Fsp3) is 0.938. The highest BCUT2D eigenvalue weighted by molar-refractivity contribution is 5.70. The Morgan fingerprint density at radius 1 is 1.00 bits per heavy atom. The summed E-state index contributed by atoms with van der Waals surface area (Å²) >= 11 is 0. The highest BCUT2D eigenvalue weighted by Crippen LogP contribution is 2.61. The maximum absolute atomic E-state index is 12.1. The molecule has 0 aromatic heterocycles. The van der Waals surface area contributed by atoms with Gasteiger partial charge in [0.25, 0.3) is 0 Å². The van der Waals surface area contributed by atoms with Crippen molar-refractivity contribution in [3.05, 3.63) is 0 Å². The van der Waals surface area contributed by atoms with E-state index in [4.69, 9.17) is 15.2 Å². The van der Waals surface area contributed by atoms with Gasteiger partial charge in [0, 0.05) is 6.54 Å². The molecule has 4 bridgehead atoms. The molecule has 4 aliphatic rings. The monoisotopic (exact) mass is 281 g/mol. The van der Waals surface area contributed by atoms with Crippen LogP contribution in [0, 0.1) is 23.2 Å². The number of carbonyl (C=O) groups excluding carboxylic acids is 1. The molecular formula is C16H27NO3. The molecule has 0 aromatic carbocycles. The predicted octanol–water partition coefficient (Wildman–Crippen LogP) is 2.11. The van der Waals surface area contributed by atoms with E-state index in [2.05, 4.69) is 0 Å². The highest BCUT2D eigenvalue weighted by Gasteiger charge is 2.51. The van der Waals surface area contributed by atoms with Gasteiger partial charge in [-0.3, -0.25) is 4.79 Å². The van der Waals surface area contributed by atoms with E-state index >= 15 is 0 Å². The number of rotatable bonds is 7. The second kappa shape index (κ2) is 6.02. The van der Waals surface area contributed by atoms with Crippen LogP contribution in [0.2, 0.25) is 0 Å². The van der Waals surface area contributed by atoms with Crippen LogP contribution in [0.5, 0.6) is 0 Å². The van der Waals surface area contributed by atoms with Gasteiger partial charge in [-0.15, -0.1) is 0 Å². The fourth-order valence-corrected chi connectivity index (χ4v) is 5.26. The first kappa shape index (κ1) is 14.3. The number of carbonyl (C=O) groups is 1. The summed E-state index contributed by atoms with van der Waals surface area (Å²) in [6.45, 7) is 1.88. The Balaban J connectivity index is 1.44. The van der Waals surface area contributed by atoms with Gasteiger partial charge in [0.1, 0.15) is 6.61 Å². The number of hydrogen-bond acceptors (Lipinski definition) is 4. The summed E-state index contributed by atoms with van der Waals surface area (Å²) in [6.07, 6.45) is 8.67. The zero-order valence-corrected chi connectivity index (χ0v) is 12.3. The van der Waals surface area contributed by atoms with Crippen molar-refractivity contribution in [3.63, 3.8) is 0 Å². The molecule has 0 saturated heterocycles. The lowest BCUT2D eigenvalue weighted by Crippen LogP contribution is -2.47. The van der Waals surface area contributed by atoms with Gasteiger partial charge in [0.15, 0.2) is 0 Å². The summed E-state index contributed by atoms with van der Waals surface area (Å²) in [4.78, 5) is 12.1. The van der Waals surface area contributed by atoms with E-state index in [1.807, 2.05) is 0 Å². The van der Waals surface area contributed by atoms with Crippen molar-refractivity contribution in [2.75, 3.05) is 26.4 Å². The van der Waals surface area contributed by atoms with Gasteiger partial charge in [-0.25, -0.2) is 0 Å². The molecule has 0 aromatic rings. The van der Waals surface area contributed by atoms with Crippen LogP contribution in [0.3, 0.4) is 0 Å². The summed E-state index contributed by atoms with van der Waals surface area (Å²) in [5.74, 6) is 2.65. The number of esters is 1. The van der Waals surface area contributed by atoms with Crippen LogP contribution < -0.4 is 5.73 Å². The first-order valence-electron chi connectivity index (χ1n) is 8.12. The molecule has 0 radical (unpaired) electrons. The minimum Gasteiger partial charge on any atom is -0.463 e. The minimum absolute atomic E-state index is 0.0247. The van der Waals surface area contributed by atoms with Crippen molar-refractivity contribution < 1.29 is 14.3 Å². The second-order valence-corrected chi connectivity index (χ2v) is 7.22. The van der Waals surface area contributed by atoms with E-state index in [1.165, 1.54) is 38.5 Å². The summed E-state index contributed by atoms with van der Waals surface area (Å²) in [7, 11) is 0. The van der Waals surface area contributed by atoms with Gasteiger partial charge in [0.2, 0.25) is 0 Å². The Labute approximate surface area is 121 Å². The number of hydrogen-bond donors (Lipinski definition) is 1. The highest BCUT2D eigenvalue weighted by atomic mass is 16.6. The third kappa shape index (κ3) is 3.17. The Bertz CT molecular complexity index is 320. The summed E-state index contributed by atoms with van der Waals surface area (Å²) in [6, 6.07) is 0. The first-order chi connectivity index (χ1) is 9.69. The maximum Gasteiger partial charge on any atom is 0.306 e. The average Bonchev–Trinajstić information content (AvgIpc) is 2.36. The van der Waals surface area contributed by atoms with Gasteiger partial charge in [-0.05, 0) is 61.7 Å². The van der Waals surface area contributed by atoms with Crippen LogP contribution >= 0.6 is 0 Å². The Hall–Kier alpha value is -0.610. The third-order valence-electron chi connectivity index (χ3n) is 5.44. The number of nitrogens with two attached hydrogens (primary N) is 1. The number of ether oxygens (including phenoxy) is 2. The van der Waals surface area contributed by atoms with Crippen LogP contribution in [-0.2, 0) is 14.3 Å². The van der Waals surface area contributed by atoms with Crippen molar-refractivity contribution >= 4 is 5.97 Å².